The van der Waals surface area contributed by atoms with E-state index in [0.717, 1.165) is 11.1 Å². The molecule has 0 saturated carbocycles. The highest BCUT2D eigenvalue weighted by molar-refractivity contribution is 5.78. The minimum atomic E-state index is -0.777. The molecule has 2 rings (SSSR count). The molecule has 0 unspecified atom stereocenters. The molecule has 13 heavy (non-hydrogen) atoms. The lowest BCUT2D eigenvalue weighted by atomic mass is 10.0. The van der Waals surface area contributed by atoms with Gasteiger partial charge in [-0.15, -0.1) is 0 Å². The first kappa shape index (κ1) is 8.26. The molecule has 3 N–H and O–H groups in total. The van der Waals surface area contributed by atoms with Crippen molar-refractivity contribution in [3.8, 4) is 0 Å². The number of carboxylic acids is 1. The predicted octanol–water partition coefficient (Wildman–Crippen LogP) is 1.26. The van der Waals surface area contributed by atoms with Gasteiger partial charge in [0.2, 0.25) is 0 Å². The van der Waals surface area contributed by atoms with Crippen molar-refractivity contribution in [2.24, 2.45) is 5.73 Å². The average molecular weight is 177 g/mol. The molecule has 0 spiro atoms. The SMILES string of the molecule is N[C@@H]1C[C@H](C(=O)O)c2ccccc21. The average Bonchev–Trinajstić information content (AvgIpc) is 2.45. The Labute approximate surface area is 76.2 Å². The molecule has 3 nitrogen and oxygen atoms in total. The van der Waals surface area contributed by atoms with Gasteiger partial charge < -0.3 is 10.8 Å². The van der Waals surface area contributed by atoms with Gasteiger partial charge in [0.25, 0.3) is 0 Å². The zero-order chi connectivity index (χ0) is 9.42. The summed E-state index contributed by atoms with van der Waals surface area (Å²) in [5.41, 5.74) is 7.67. The Balaban J connectivity index is 2.47. The minimum Gasteiger partial charge on any atom is -0.481 e. The van der Waals surface area contributed by atoms with Crippen molar-refractivity contribution >= 4 is 5.97 Å². The Morgan fingerprint density at radius 1 is 1.38 bits per heavy atom. The number of nitrogens with two attached hydrogens (primary N) is 1. The molecule has 0 aromatic heterocycles. The summed E-state index contributed by atoms with van der Waals surface area (Å²) >= 11 is 0. The van der Waals surface area contributed by atoms with Gasteiger partial charge in [0.1, 0.15) is 0 Å². The molecule has 0 fully saturated rings. The molecule has 3 heteroatoms. The van der Waals surface area contributed by atoms with Crippen LogP contribution in [0.2, 0.25) is 0 Å². The lowest BCUT2D eigenvalue weighted by molar-refractivity contribution is -0.138. The summed E-state index contributed by atoms with van der Waals surface area (Å²) in [6, 6.07) is 7.39. The predicted molar refractivity (Wildman–Crippen MR) is 48.4 cm³/mol. The van der Waals surface area contributed by atoms with Crippen LogP contribution in [0.3, 0.4) is 0 Å². The van der Waals surface area contributed by atoms with Crippen LogP contribution >= 0.6 is 0 Å². The molecule has 1 aromatic carbocycles. The van der Waals surface area contributed by atoms with Crippen molar-refractivity contribution in [3.05, 3.63) is 35.4 Å². The highest BCUT2D eigenvalue weighted by atomic mass is 16.4. The van der Waals surface area contributed by atoms with E-state index >= 15 is 0 Å². The van der Waals surface area contributed by atoms with E-state index in [9.17, 15) is 4.79 Å². The molecular weight excluding hydrogens is 166 g/mol. The van der Waals surface area contributed by atoms with Gasteiger partial charge in [-0.2, -0.15) is 0 Å². The Morgan fingerprint density at radius 2 is 2.00 bits per heavy atom. The van der Waals surface area contributed by atoms with Crippen molar-refractivity contribution in [3.63, 3.8) is 0 Å². The third kappa shape index (κ3) is 1.21. The second-order valence-corrected chi connectivity index (χ2v) is 3.36. The maximum atomic E-state index is 10.9. The first-order valence-corrected chi connectivity index (χ1v) is 4.27. The van der Waals surface area contributed by atoms with Gasteiger partial charge in [-0.05, 0) is 17.5 Å². The molecule has 0 heterocycles. The lowest BCUT2D eigenvalue weighted by Crippen LogP contribution is -2.10. The van der Waals surface area contributed by atoms with E-state index in [0.29, 0.717) is 6.42 Å². The minimum absolute atomic E-state index is 0.114. The fraction of sp³-hybridized carbons (Fsp3) is 0.300. The van der Waals surface area contributed by atoms with Crippen molar-refractivity contribution in [1.29, 1.82) is 0 Å². The first-order valence-electron chi connectivity index (χ1n) is 4.27. The van der Waals surface area contributed by atoms with E-state index in [4.69, 9.17) is 10.8 Å². The quantitative estimate of drug-likeness (QED) is 0.678. The second-order valence-electron chi connectivity index (χ2n) is 3.36. The number of aliphatic carboxylic acids is 1. The van der Waals surface area contributed by atoms with Gasteiger partial charge >= 0.3 is 5.97 Å². The van der Waals surface area contributed by atoms with Crippen molar-refractivity contribution in [1.82, 2.24) is 0 Å². The van der Waals surface area contributed by atoms with E-state index < -0.39 is 11.9 Å². The van der Waals surface area contributed by atoms with E-state index in [-0.39, 0.29) is 6.04 Å². The van der Waals surface area contributed by atoms with Crippen molar-refractivity contribution in [2.45, 2.75) is 18.4 Å². The fourth-order valence-corrected chi connectivity index (χ4v) is 1.91. The van der Waals surface area contributed by atoms with Crippen LogP contribution in [0.1, 0.15) is 29.5 Å². The number of benzene rings is 1. The summed E-state index contributed by atoms with van der Waals surface area (Å²) in [5.74, 6) is -1.19. The van der Waals surface area contributed by atoms with Crippen LogP contribution in [0.25, 0.3) is 0 Å². The lowest BCUT2D eigenvalue weighted by Gasteiger charge is -2.03. The molecule has 0 aliphatic heterocycles. The monoisotopic (exact) mass is 177 g/mol. The van der Waals surface area contributed by atoms with Crippen LogP contribution in [-0.2, 0) is 4.79 Å². The Hall–Kier alpha value is -1.35. The van der Waals surface area contributed by atoms with Crippen molar-refractivity contribution < 1.29 is 9.90 Å². The van der Waals surface area contributed by atoms with Crippen LogP contribution in [0, 0.1) is 0 Å². The number of rotatable bonds is 1. The van der Waals surface area contributed by atoms with Crippen LogP contribution in [0.4, 0.5) is 0 Å². The van der Waals surface area contributed by atoms with Gasteiger partial charge in [0, 0.05) is 6.04 Å². The van der Waals surface area contributed by atoms with Gasteiger partial charge in [-0.3, -0.25) is 4.79 Å². The zero-order valence-corrected chi connectivity index (χ0v) is 7.10. The molecule has 1 aliphatic carbocycles. The Kier molecular flexibility index (Phi) is 1.81. The van der Waals surface area contributed by atoms with Crippen molar-refractivity contribution in [2.75, 3.05) is 0 Å². The molecule has 0 radical (unpaired) electrons. The molecule has 0 bridgehead atoms. The molecule has 1 aromatic rings. The summed E-state index contributed by atoms with van der Waals surface area (Å²) in [4.78, 5) is 10.9. The highest BCUT2D eigenvalue weighted by Gasteiger charge is 2.32. The molecule has 1 aliphatic rings. The van der Waals surface area contributed by atoms with E-state index in [1.807, 2.05) is 24.3 Å². The molecule has 0 saturated heterocycles. The number of hydrogen-bond acceptors (Lipinski definition) is 2. The number of fused-ring (bicyclic) bond motifs is 1. The third-order valence-electron chi connectivity index (χ3n) is 2.56. The van der Waals surface area contributed by atoms with E-state index in [1.165, 1.54) is 0 Å². The summed E-state index contributed by atoms with van der Waals surface area (Å²) < 4.78 is 0. The molecule has 68 valence electrons. The summed E-state index contributed by atoms with van der Waals surface area (Å²) in [6.45, 7) is 0. The smallest absolute Gasteiger partial charge is 0.311 e. The van der Waals surface area contributed by atoms with Crippen LogP contribution in [-0.4, -0.2) is 11.1 Å². The number of carbonyl (C=O) groups is 1. The Bertz CT molecular complexity index is 349. The molecule has 2 atom stereocenters. The molecule has 0 amide bonds. The fourth-order valence-electron chi connectivity index (χ4n) is 1.91. The zero-order valence-electron chi connectivity index (χ0n) is 7.10. The maximum absolute atomic E-state index is 10.9. The Morgan fingerprint density at radius 3 is 2.62 bits per heavy atom. The number of carboxylic acid groups (broad SMARTS) is 1. The summed E-state index contributed by atoms with van der Waals surface area (Å²) in [7, 11) is 0. The van der Waals surface area contributed by atoms with Crippen LogP contribution in [0.5, 0.6) is 0 Å². The number of hydrogen-bond donors (Lipinski definition) is 2. The highest BCUT2D eigenvalue weighted by Crippen LogP contribution is 2.38. The normalized spacial score (nSPS) is 25.6. The maximum Gasteiger partial charge on any atom is 0.311 e. The van der Waals surface area contributed by atoms with Crippen LogP contribution in [0.15, 0.2) is 24.3 Å². The van der Waals surface area contributed by atoms with E-state index in [1.54, 1.807) is 0 Å². The first-order chi connectivity index (χ1) is 6.20. The van der Waals surface area contributed by atoms with Crippen LogP contribution < -0.4 is 5.73 Å². The standard InChI is InChI=1S/C10H11NO2/c11-9-5-8(10(12)13)6-3-1-2-4-7(6)9/h1-4,8-9H,5,11H2,(H,12,13)/t8-,9+/m0/s1. The van der Waals surface area contributed by atoms with Gasteiger partial charge in [0.05, 0.1) is 5.92 Å². The summed E-state index contributed by atoms with van der Waals surface area (Å²) in [6.07, 6.45) is 0.523. The second kappa shape index (κ2) is 2.85. The third-order valence-corrected chi connectivity index (χ3v) is 2.56. The molecular formula is C10H11NO2. The largest absolute Gasteiger partial charge is 0.481 e. The van der Waals surface area contributed by atoms with E-state index in [2.05, 4.69) is 0 Å². The van der Waals surface area contributed by atoms with Gasteiger partial charge in [-0.1, -0.05) is 24.3 Å². The van der Waals surface area contributed by atoms with Gasteiger partial charge in [-0.25, -0.2) is 0 Å². The summed E-state index contributed by atoms with van der Waals surface area (Å²) in [5, 5.41) is 8.92. The topological polar surface area (TPSA) is 63.3 Å². The van der Waals surface area contributed by atoms with Gasteiger partial charge in [0.15, 0.2) is 0 Å².